The lowest BCUT2D eigenvalue weighted by atomic mass is 10.1. The Morgan fingerprint density at radius 2 is 0.481 bits per heavy atom. The molecule has 0 saturated heterocycles. The minimum Gasteiger partial charge on any atom is -0.462 e. The van der Waals surface area contributed by atoms with Crippen molar-refractivity contribution in [3.8, 4) is 0 Å². The van der Waals surface area contributed by atoms with Crippen LogP contribution in [0.3, 0.4) is 0 Å². The molecule has 0 saturated carbocycles. The van der Waals surface area contributed by atoms with E-state index in [9.17, 15) is 14.4 Å². The standard InChI is InChI=1S/C75H126O6/c1-4-7-10-13-16-19-22-25-28-30-31-32-33-34-35-36-37-38-39-40-41-42-43-45-47-50-53-56-59-62-65-68-74(77)80-71-72(70-79-73(76)67-64-61-58-55-52-49-46-27-24-21-18-15-12-9-6-3)81-75(78)69-66-63-60-57-54-51-48-44-29-26-23-20-17-14-11-8-5-2/h7,10,16-17,19-20,25-29,31-32,34-35,37-38,40-41,46,72H,4-6,8-9,11-15,18,21-24,30,33,36,39,42-45,47-71H2,1-3H3/b10-7-,19-16-,20-17-,28-25-,29-26-,32-31-,35-34-,38-37-,41-40-,46-27-. The Morgan fingerprint density at radius 1 is 0.259 bits per heavy atom. The number of carbonyl (C=O) groups excluding carboxylic acids is 3. The van der Waals surface area contributed by atoms with Gasteiger partial charge in [-0.25, -0.2) is 0 Å². The van der Waals surface area contributed by atoms with Crippen LogP contribution >= 0.6 is 0 Å². The SMILES string of the molecule is CC/C=C\C/C=C\C/C=C\C/C=C\C/C=C\C/C=C\C/C=C\CCCCCCCCCCCC(=O)OCC(COC(=O)CCCCCCC/C=C\CCCCCCCC)OC(=O)CCCCCCCCC/C=C\C/C=C\CCCCC. The highest BCUT2D eigenvalue weighted by Crippen LogP contribution is 2.16. The van der Waals surface area contributed by atoms with Crippen molar-refractivity contribution >= 4 is 17.9 Å². The van der Waals surface area contributed by atoms with Crippen molar-refractivity contribution < 1.29 is 28.6 Å². The first kappa shape index (κ1) is 76.8. The van der Waals surface area contributed by atoms with Gasteiger partial charge in [-0.2, -0.15) is 0 Å². The smallest absolute Gasteiger partial charge is 0.306 e. The van der Waals surface area contributed by atoms with Gasteiger partial charge in [0.15, 0.2) is 6.10 Å². The summed E-state index contributed by atoms with van der Waals surface area (Å²) in [4.78, 5) is 38.4. The first-order valence-corrected chi connectivity index (χ1v) is 34.0. The number of ether oxygens (including phenoxy) is 3. The summed E-state index contributed by atoms with van der Waals surface area (Å²) in [7, 11) is 0. The van der Waals surface area contributed by atoms with Crippen LogP contribution in [0.25, 0.3) is 0 Å². The van der Waals surface area contributed by atoms with Gasteiger partial charge >= 0.3 is 17.9 Å². The van der Waals surface area contributed by atoms with Gasteiger partial charge in [-0.3, -0.25) is 14.4 Å². The lowest BCUT2D eigenvalue weighted by Gasteiger charge is -2.18. The van der Waals surface area contributed by atoms with Gasteiger partial charge in [0.2, 0.25) is 0 Å². The highest BCUT2D eigenvalue weighted by atomic mass is 16.6. The molecule has 1 unspecified atom stereocenters. The largest absolute Gasteiger partial charge is 0.462 e. The van der Waals surface area contributed by atoms with Crippen LogP contribution in [0.5, 0.6) is 0 Å². The van der Waals surface area contributed by atoms with E-state index in [1.165, 1.54) is 148 Å². The third kappa shape index (κ3) is 66.5. The Balaban J connectivity index is 4.32. The lowest BCUT2D eigenvalue weighted by Crippen LogP contribution is -2.30. The predicted octanol–water partition coefficient (Wildman–Crippen LogP) is 23.6. The van der Waals surface area contributed by atoms with Gasteiger partial charge in [0, 0.05) is 19.3 Å². The molecule has 0 radical (unpaired) electrons. The molecular weight excluding hydrogens is 997 g/mol. The quantitative estimate of drug-likeness (QED) is 0.0261. The predicted molar refractivity (Wildman–Crippen MR) is 353 cm³/mol. The third-order valence-corrected chi connectivity index (χ3v) is 14.4. The first-order chi connectivity index (χ1) is 40.0. The van der Waals surface area contributed by atoms with Crippen LogP contribution < -0.4 is 0 Å². The number of hydrogen-bond donors (Lipinski definition) is 0. The second-order valence-corrected chi connectivity index (χ2v) is 22.3. The van der Waals surface area contributed by atoms with Crippen LogP contribution in [0.2, 0.25) is 0 Å². The van der Waals surface area contributed by atoms with Gasteiger partial charge in [0.25, 0.3) is 0 Å². The van der Waals surface area contributed by atoms with E-state index >= 15 is 0 Å². The number of hydrogen-bond acceptors (Lipinski definition) is 6. The molecule has 0 N–H and O–H groups in total. The number of unbranched alkanes of at least 4 members (excludes halogenated alkanes) is 30. The van der Waals surface area contributed by atoms with E-state index in [1.807, 2.05) is 0 Å². The fraction of sp³-hybridized carbons (Fsp3) is 0.693. The zero-order chi connectivity index (χ0) is 58.5. The molecule has 0 heterocycles. The number of allylic oxidation sites excluding steroid dienone is 20. The molecule has 1 atom stereocenters. The summed E-state index contributed by atoms with van der Waals surface area (Å²) < 4.78 is 16.9. The molecule has 0 fully saturated rings. The minimum atomic E-state index is -0.792. The molecule has 0 aromatic heterocycles. The molecule has 0 aliphatic heterocycles. The van der Waals surface area contributed by atoms with E-state index < -0.39 is 6.10 Å². The average molecular weight is 1120 g/mol. The van der Waals surface area contributed by atoms with Gasteiger partial charge in [-0.15, -0.1) is 0 Å². The number of rotatable bonds is 61. The maximum Gasteiger partial charge on any atom is 0.306 e. The van der Waals surface area contributed by atoms with E-state index in [0.29, 0.717) is 19.3 Å². The van der Waals surface area contributed by atoms with Gasteiger partial charge in [0.1, 0.15) is 13.2 Å². The van der Waals surface area contributed by atoms with E-state index in [-0.39, 0.29) is 31.1 Å². The Morgan fingerprint density at radius 3 is 0.790 bits per heavy atom. The van der Waals surface area contributed by atoms with Crippen molar-refractivity contribution in [2.45, 2.75) is 322 Å². The average Bonchev–Trinajstić information content (AvgIpc) is 3.47. The molecule has 0 aliphatic carbocycles. The normalized spacial score (nSPS) is 12.9. The lowest BCUT2D eigenvalue weighted by molar-refractivity contribution is -0.167. The van der Waals surface area contributed by atoms with E-state index in [4.69, 9.17) is 14.2 Å². The molecule has 0 spiro atoms. The van der Waals surface area contributed by atoms with Gasteiger partial charge < -0.3 is 14.2 Å². The Labute approximate surface area is 501 Å². The van der Waals surface area contributed by atoms with Crippen molar-refractivity contribution in [3.63, 3.8) is 0 Å². The molecule has 0 bridgehead atoms. The van der Waals surface area contributed by atoms with Crippen LogP contribution in [-0.2, 0) is 28.6 Å². The summed E-state index contributed by atoms with van der Waals surface area (Å²) >= 11 is 0. The molecule has 0 amide bonds. The van der Waals surface area contributed by atoms with E-state index in [0.717, 1.165) is 128 Å². The second-order valence-electron chi connectivity index (χ2n) is 22.3. The fourth-order valence-corrected chi connectivity index (χ4v) is 9.33. The highest BCUT2D eigenvalue weighted by Gasteiger charge is 2.19. The van der Waals surface area contributed by atoms with Crippen LogP contribution in [-0.4, -0.2) is 37.2 Å². The molecule has 0 aromatic rings. The van der Waals surface area contributed by atoms with Gasteiger partial charge in [-0.05, 0) is 135 Å². The summed E-state index contributed by atoms with van der Waals surface area (Å²) in [6.45, 7) is 6.50. The first-order valence-electron chi connectivity index (χ1n) is 34.0. The van der Waals surface area contributed by atoms with Crippen LogP contribution in [0.15, 0.2) is 122 Å². The molecule has 462 valence electrons. The summed E-state index contributed by atoms with van der Waals surface area (Å²) in [5.41, 5.74) is 0. The zero-order valence-corrected chi connectivity index (χ0v) is 53.0. The Hall–Kier alpha value is -4.19. The minimum absolute atomic E-state index is 0.0877. The van der Waals surface area contributed by atoms with Crippen molar-refractivity contribution in [1.82, 2.24) is 0 Å². The maximum absolute atomic E-state index is 12.9. The molecule has 0 aliphatic rings. The molecular formula is C75H126O6. The molecule has 0 aromatic carbocycles. The monoisotopic (exact) mass is 1120 g/mol. The summed E-state index contributed by atoms with van der Waals surface area (Å²) in [6, 6.07) is 0. The maximum atomic E-state index is 12.9. The fourth-order valence-electron chi connectivity index (χ4n) is 9.33. The van der Waals surface area contributed by atoms with Crippen molar-refractivity contribution in [2.24, 2.45) is 0 Å². The Kier molecular flexibility index (Phi) is 64.8. The topological polar surface area (TPSA) is 78.9 Å². The Bertz CT molecular complexity index is 1670. The summed E-state index contributed by atoms with van der Waals surface area (Å²) in [5, 5.41) is 0. The van der Waals surface area contributed by atoms with Crippen LogP contribution in [0, 0.1) is 0 Å². The van der Waals surface area contributed by atoms with Crippen molar-refractivity contribution in [2.75, 3.05) is 13.2 Å². The molecule has 6 nitrogen and oxygen atoms in total. The van der Waals surface area contributed by atoms with Crippen LogP contribution in [0.1, 0.15) is 316 Å². The third-order valence-electron chi connectivity index (χ3n) is 14.4. The van der Waals surface area contributed by atoms with Crippen molar-refractivity contribution in [1.29, 1.82) is 0 Å². The molecule has 6 heteroatoms. The number of carbonyl (C=O) groups is 3. The summed E-state index contributed by atoms with van der Waals surface area (Å²) in [6.07, 6.45) is 94.9. The van der Waals surface area contributed by atoms with Crippen LogP contribution in [0.4, 0.5) is 0 Å². The highest BCUT2D eigenvalue weighted by molar-refractivity contribution is 5.71. The van der Waals surface area contributed by atoms with Crippen molar-refractivity contribution in [3.05, 3.63) is 122 Å². The van der Waals surface area contributed by atoms with E-state index in [2.05, 4.69) is 142 Å². The molecule has 0 rings (SSSR count). The second kappa shape index (κ2) is 68.3. The van der Waals surface area contributed by atoms with Gasteiger partial charge in [0.05, 0.1) is 0 Å². The zero-order valence-electron chi connectivity index (χ0n) is 53.0. The number of esters is 3. The van der Waals surface area contributed by atoms with Gasteiger partial charge in [-0.1, -0.05) is 284 Å². The molecule has 81 heavy (non-hydrogen) atoms. The van der Waals surface area contributed by atoms with E-state index in [1.54, 1.807) is 0 Å². The summed E-state index contributed by atoms with van der Waals surface area (Å²) in [5.74, 6) is -0.901.